The molecule has 206 valence electrons. The van der Waals surface area contributed by atoms with Crippen LogP contribution in [0.2, 0.25) is 5.02 Å². The maximum atomic E-state index is 14.0. The highest BCUT2D eigenvalue weighted by molar-refractivity contribution is 7.80. The van der Waals surface area contributed by atoms with E-state index >= 15 is 0 Å². The van der Waals surface area contributed by atoms with Crippen molar-refractivity contribution in [1.82, 2.24) is 10.2 Å². The van der Waals surface area contributed by atoms with Gasteiger partial charge in [0.15, 0.2) is 0 Å². The number of amides is 3. The van der Waals surface area contributed by atoms with Gasteiger partial charge in [0.25, 0.3) is 5.91 Å². The summed E-state index contributed by atoms with van der Waals surface area (Å²) in [6.45, 7) is 11.2. The van der Waals surface area contributed by atoms with Crippen molar-refractivity contribution in [3.63, 3.8) is 0 Å². The number of aryl methyl sites for hydroxylation is 2. The van der Waals surface area contributed by atoms with E-state index in [2.05, 4.69) is 30.2 Å². The third kappa shape index (κ3) is 7.44. The van der Waals surface area contributed by atoms with Crippen molar-refractivity contribution in [2.24, 2.45) is 5.92 Å². The van der Waals surface area contributed by atoms with Crippen molar-refractivity contribution in [1.29, 1.82) is 0 Å². The molecule has 0 bridgehead atoms. The first-order valence-electron chi connectivity index (χ1n) is 12.9. The lowest BCUT2D eigenvalue weighted by Gasteiger charge is -2.35. The molecule has 0 saturated heterocycles. The van der Waals surface area contributed by atoms with Gasteiger partial charge < -0.3 is 20.3 Å². The second kappa shape index (κ2) is 12.4. The van der Waals surface area contributed by atoms with E-state index in [1.54, 1.807) is 31.7 Å². The van der Waals surface area contributed by atoms with Gasteiger partial charge in [0, 0.05) is 11.8 Å². The molecule has 9 heteroatoms. The van der Waals surface area contributed by atoms with Crippen LogP contribution in [0.1, 0.15) is 63.8 Å². The van der Waals surface area contributed by atoms with Crippen molar-refractivity contribution < 1.29 is 19.1 Å². The Bertz CT molecular complexity index is 1150. The molecule has 1 aliphatic rings. The number of carbonyl (C=O) groups is 3. The molecule has 1 saturated carbocycles. The van der Waals surface area contributed by atoms with E-state index in [1.807, 2.05) is 50.2 Å². The number of rotatable bonds is 9. The van der Waals surface area contributed by atoms with E-state index in [1.165, 1.54) is 0 Å². The molecular formula is C29H38ClN3O4S. The summed E-state index contributed by atoms with van der Waals surface area (Å²) in [5, 5.41) is 6.04. The molecular weight excluding hydrogens is 522 g/mol. The highest BCUT2D eigenvalue weighted by atomic mass is 35.5. The number of nitrogens with zero attached hydrogens (tertiary/aromatic N) is 1. The number of ether oxygens (including phenoxy) is 1. The maximum absolute atomic E-state index is 14.0. The van der Waals surface area contributed by atoms with Crippen LogP contribution in [-0.2, 0) is 20.7 Å². The highest BCUT2D eigenvalue weighted by Crippen LogP contribution is 2.41. The Morgan fingerprint density at radius 2 is 1.79 bits per heavy atom. The van der Waals surface area contributed by atoms with Crippen LogP contribution in [0, 0.1) is 12.8 Å². The minimum absolute atomic E-state index is 0.0441. The number of anilines is 1. The molecule has 0 radical (unpaired) electrons. The minimum Gasteiger partial charge on any atom is -0.444 e. The van der Waals surface area contributed by atoms with Crippen LogP contribution in [0.4, 0.5) is 10.5 Å². The fourth-order valence-corrected chi connectivity index (χ4v) is 4.86. The first kappa shape index (κ1) is 29.8. The van der Waals surface area contributed by atoms with Gasteiger partial charge >= 0.3 is 6.09 Å². The van der Waals surface area contributed by atoms with E-state index < -0.39 is 29.7 Å². The molecule has 3 amide bonds. The predicted octanol–water partition coefficient (Wildman–Crippen LogP) is 5.95. The standard InChI is InChI=1S/C29H38ClN3O4S/c1-7-19-11-13-20(14-12-19)25(26(34)32-24-17(2)9-8-10-21(24)30)33(23-15-18(23)3)27(35)22(16-38)31-28(36)37-29(4,5)6/h8-14,18,22-23,25,38H,7,15-16H2,1-6H3,(H,31,36)(H,32,34). The van der Waals surface area contributed by atoms with Gasteiger partial charge in [-0.1, -0.05) is 61.8 Å². The summed E-state index contributed by atoms with van der Waals surface area (Å²) < 4.78 is 5.37. The molecule has 1 fully saturated rings. The zero-order valence-corrected chi connectivity index (χ0v) is 24.5. The molecule has 3 rings (SSSR count). The number of para-hydroxylation sites is 1. The summed E-state index contributed by atoms with van der Waals surface area (Å²) >= 11 is 10.8. The number of hydrogen-bond acceptors (Lipinski definition) is 5. The number of alkyl carbamates (subject to hydrolysis) is 1. The fourth-order valence-electron chi connectivity index (χ4n) is 4.34. The van der Waals surface area contributed by atoms with Crippen LogP contribution >= 0.6 is 24.2 Å². The number of benzene rings is 2. The summed E-state index contributed by atoms with van der Waals surface area (Å²) in [5.41, 5.74) is 2.38. The highest BCUT2D eigenvalue weighted by Gasteiger charge is 2.48. The van der Waals surface area contributed by atoms with Gasteiger partial charge in [-0.3, -0.25) is 9.59 Å². The van der Waals surface area contributed by atoms with Gasteiger partial charge in [-0.25, -0.2) is 4.79 Å². The zero-order valence-electron chi connectivity index (χ0n) is 22.9. The van der Waals surface area contributed by atoms with Crippen LogP contribution in [0.3, 0.4) is 0 Å². The van der Waals surface area contributed by atoms with Crippen molar-refractivity contribution in [3.05, 3.63) is 64.2 Å². The summed E-state index contributed by atoms with van der Waals surface area (Å²) in [4.78, 5) is 42.2. The molecule has 2 aromatic carbocycles. The van der Waals surface area contributed by atoms with Crippen LogP contribution in [0.5, 0.6) is 0 Å². The van der Waals surface area contributed by atoms with Gasteiger partial charge in [0.2, 0.25) is 5.91 Å². The summed E-state index contributed by atoms with van der Waals surface area (Å²) in [6.07, 6.45) is 0.882. The third-order valence-electron chi connectivity index (χ3n) is 6.55. The number of nitrogens with one attached hydrogen (secondary N) is 2. The average Bonchev–Trinajstić information content (AvgIpc) is 3.57. The van der Waals surface area contributed by atoms with Crippen LogP contribution in [0.15, 0.2) is 42.5 Å². The topological polar surface area (TPSA) is 87.7 Å². The predicted molar refractivity (Wildman–Crippen MR) is 155 cm³/mol. The smallest absolute Gasteiger partial charge is 0.408 e. The molecule has 1 aliphatic carbocycles. The SMILES string of the molecule is CCc1ccc(C(C(=O)Nc2c(C)cccc2Cl)N(C(=O)C(CS)NC(=O)OC(C)(C)C)C2CC2C)cc1. The van der Waals surface area contributed by atoms with Crippen LogP contribution < -0.4 is 10.6 Å². The number of carbonyl (C=O) groups excluding carboxylic acids is 3. The largest absolute Gasteiger partial charge is 0.444 e. The summed E-state index contributed by atoms with van der Waals surface area (Å²) in [7, 11) is 0. The molecule has 0 aliphatic heterocycles. The first-order valence-corrected chi connectivity index (χ1v) is 13.9. The molecule has 4 unspecified atom stereocenters. The number of halogens is 1. The second-order valence-electron chi connectivity index (χ2n) is 10.8. The first-order chi connectivity index (χ1) is 17.9. The van der Waals surface area contributed by atoms with Crippen LogP contribution in [0.25, 0.3) is 0 Å². The van der Waals surface area contributed by atoms with E-state index in [4.69, 9.17) is 16.3 Å². The summed E-state index contributed by atoms with van der Waals surface area (Å²) in [6, 6.07) is 11.0. The monoisotopic (exact) mass is 559 g/mol. The third-order valence-corrected chi connectivity index (χ3v) is 7.23. The van der Waals surface area contributed by atoms with Gasteiger partial charge in [-0.15, -0.1) is 0 Å². The van der Waals surface area contributed by atoms with Crippen molar-refractivity contribution in [3.8, 4) is 0 Å². The quantitative estimate of drug-likeness (QED) is 0.331. The summed E-state index contributed by atoms with van der Waals surface area (Å²) in [5.74, 6) is -0.528. The Labute approximate surface area is 236 Å². The Hall–Kier alpha value is -2.71. The lowest BCUT2D eigenvalue weighted by molar-refractivity contribution is -0.141. The van der Waals surface area contributed by atoms with Gasteiger partial charge in [-0.05, 0) is 69.2 Å². The Morgan fingerprint density at radius 1 is 1.16 bits per heavy atom. The Morgan fingerprint density at radius 3 is 2.29 bits per heavy atom. The minimum atomic E-state index is -0.978. The van der Waals surface area contributed by atoms with E-state index in [0.717, 1.165) is 24.0 Å². The molecule has 38 heavy (non-hydrogen) atoms. The van der Waals surface area contributed by atoms with Gasteiger partial charge in [-0.2, -0.15) is 12.6 Å². The van der Waals surface area contributed by atoms with Crippen molar-refractivity contribution >= 4 is 47.8 Å². The van der Waals surface area contributed by atoms with Crippen molar-refractivity contribution in [2.45, 2.75) is 78.1 Å². The molecule has 0 spiro atoms. The van der Waals surface area contributed by atoms with Crippen LogP contribution in [-0.4, -0.2) is 46.2 Å². The normalized spacial score (nSPS) is 18.2. The molecule has 0 heterocycles. The lowest BCUT2D eigenvalue weighted by Crippen LogP contribution is -2.54. The second-order valence-corrected chi connectivity index (χ2v) is 11.6. The molecule has 4 atom stereocenters. The van der Waals surface area contributed by atoms with E-state index in [9.17, 15) is 14.4 Å². The van der Waals surface area contributed by atoms with E-state index in [0.29, 0.717) is 16.3 Å². The van der Waals surface area contributed by atoms with Gasteiger partial charge in [0.05, 0.1) is 10.7 Å². The van der Waals surface area contributed by atoms with Crippen molar-refractivity contribution in [2.75, 3.05) is 11.1 Å². The van der Waals surface area contributed by atoms with Gasteiger partial charge in [0.1, 0.15) is 17.7 Å². The fraction of sp³-hybridized carbons (Fsp3) is 0.483. The molecule has 2 aromatic rings. The Kier molecular flexibility index (Phi) is 9.76. The zero-order chi connectivity index (χ0) is 28.2. The number of thiol groups is 1. The molecule has 0 aromatic heterocycles. The van der Waals surface area contributed by atoms with E-state index in [-0.39, 0.29) is 23.6 Å². The molecule has 7 nitrogen and oxygen atoms in total. The number of hydrogen-bond donors (Lipinski definition) is 3. The average molecular weight is 560 g/mol. The Balaban J connectivity index is 2.02. The maximum Gasteiger partial charge on any atom is 0.408 e. The lowest BCUT2D eigenvalue weighted by atomic mass is 10.00. The molecule has 2 N–H and O–H groups in total.